The summed E-state index contributed by atoms with van der Waals surface area (Å²) in [6.07, 6.45) is 0. The zero-order valence-corrected chi connectivity index (χ0v) is 19.7. The van der Waals surface area contributed by atoms with Crippen molar-refractivity contribution in [3.63, 3.8) is 0 Å². The molecule has 0 fully saturated rings. The number of methoxy groups -OCH3 is 1. The molecule has 33 heavy (non-hydrogen) atoms. The van der Waals surface area contributed by atoms with E-state index in [4.69, 9.17) is 27.9 Å². The Labute approximate surface area is 202 Å². The molecule has 0 amide bonds. The summed E-state index contributed by atoms with van der Waals surface area (Å²) in [6, 6.07) is 27.5. The molecule has 0 aliphatic heterocycles. The van der Waals surface area contributed by atoms with E-state index in [1.165, 1.54) is 0 Å². The number of carbonyl (C=O) groups is 1. The van der Waals surface area contributed by atoms with Crippen molar-refractivity contribution in [3.8, 4) is 28.0 Å². The van der Waals surface area contributed by atoms with Gasteiger partial charge in [0.2, 0.25) is 0 Å². The van der Waals surface area contributed by atoms with Gasteiger partial charge < -0.3 is 4.74 Å². The van der Waals surface area contributed by atoms with Gasteiger partial charge in [-0.25, -0.2) is 0 Å². The Morgan fingerprint density at radius 1 is 0.727 bits per heavy atom. The number of fused-ring (bicyclic) bond motifs is 2. The third-order valence-corrected chi connectivity index (χ3v) is 6.48. The molecular formula is C29H20Cl2O2. The van der Waals surface area contributed by atoms with Crippen molar-refractivity contribution >= 4 is 50.5 Å². The fourth-order valence-electron chi connectivity index (χ4n) is 4.49. The predicted molar refractivity (Wildman–Crippen MR) is 139 cm³/mol. The summed E-state index contributed by atoms with van der Waals surface area (Å²) in [6.45, 7) is 1.60. The average Bonchev–Trinajstić information content (AvgIpc) is 2.82. The lowest BCUT2D eigenvalue weighted by atomic mass is 9.85. The quantitative estimate of drug-likeness (QED) is 0.245. The largest absolute Gasteiger partial charge is 0.496 e. The molecule has 0 atom stereocenters. The normalized spacial score (nSPS) is 11.2. The third kappa shape index (κ3) is 3.76. The predicted octanol–water partition coefficient (Wildman–Crippen LogP) is 8.84. The van der Waals surface area contributed by atoms with E-state index in [0.29, 0.717) is 21.4 Å². The lowest BCUT2D eigenvalue weighted by molar-refractivity contribution is 0.101. The second kappa shape index (κ2) is 8.55. The van der Waals surface area contributed by atoms with Crippen LogP contribution in [-0.2, 0) is 0 Å². The number of ketones is 1. The Kier molecular flexibility index (Phi) is 5.57. The fourth-order valence-corrected chi connectivity index (χ4v) is 4.79. The number of rotatable bonds is 4. The van der Waals surface area contributed by atoms with Crippen LogP contribution in [0, 0.1) is 0 Å². The van der Waals surface area contributed by atoms with E-state index in [0.717, 1.165) is 43.8 Å². The molecule has 0 saturated carbocycles. The van der Waals surface area contributed by atoms with E-state index in [2.05, 4.69) is 12.1 Å². The highest BCUT2D eigenvalue weighted by Crippen LogP contribution is 2.45. The molecule has 0 heterocycles. The van der Waals surface area contributed by atoms with Crippen molar-refractivity contribution in [3.05, 3.63) is 101 Å². The first-order valence-electron chi connectivity index (χ1n) is 10.6. The van der Waals surface area contributed by atoms with E-state index in [1.54, 1.807) is 14.0 Å². The molecule has 162 valence electrons. The number of hydrogen-bond acceptors (Lipinski definition) is 2. The van der Waals surface area contributed by atoms with E-state index < -0.39 is 0 Å². The smallest absolute Gasteiger partial charge is 0.160 e. The van der Waals surface area contributed by atoms with Crippen LogP contribution in [0.3, 0.4) is 0 Å². The lowest BCUT2D eigenvalue weighted by Crippen LogP contribution is -2.01. The summed E-state index contributed by atoms with van der Waals surface area (Å²) in [5.41, 5.74) is 4.25. The number of Topliss-reactive ketones (excluding diaryl/α,β-unsaturated/α-hetero) is 1. The van der Waals surface area contributed by atoms with Gasteiger partial charge in [-0.2, -0.15) is 0 Å². The maximum Gasteiger partial charge on any atom is 0.160 e. The number of hydrogen-bond donors (Lipinski definition) is 0. The highest BCUT2D eigenvalue weighted by Gasteiger charge is 2.22. The fraction of sp³-hybridized carbons (Fsp3) is 0.0690. The molecule has 0 radical (unpaired) electrons. The van der Waals surface area contributed by atoms with Gasteiger partial charge in [0.15, 0.2) is 5.78 Å². The number of halogens is 2. The minimum atomic E-state index is -0.0305. The molecule has 0 N–H and O–H groups in total. The maximum atomic E-state index is 13.0. The zero-order valence-electron chi connectivity index (χ0n) is 18.2. The minimum absolute atomic E-state index is 0.0305. The van der Waals surface area contributed by atoms with Gasteiger partial charge in [0.05, 0.1) is 7.11 Å². The van der Waals surface area contributed by atoms with Gasteiger partial charge in [-0.1, -0.05) is 71.7 Å². The first-order valence-corrected chi connectivity index (χ1v) is 11.3. The van der Waals surface area contributed by atoms with Crippen LogP contribution in [0.25, 0.3) is 43.8 Å². The number of benzene rings is 5. The third-order valence-electron chi connectivity index (χ3n) is 5.99. The van der Waals surface area contributed by atoms with Crippen molar-refractivity contribution in [2.45, 2.75) is 6.92 Å². The molecular weight excluding hydrogens is 451 g/mol. The van der Waals surface area contributed by atoms with Gasteiger partial charge in [-0.15, -0.1) is 0 Å². The molecule has 0 bridgehead atoms. The molecule has 5 rings (SSSR count). The summed E-state index contributed by atoms with van der Waals surface area (Å²) in [4.78, 5) is 13.0. The molecule has 0 aliphatic rings. The van der Waals surface area contributed by atoms with Gasteiger partial charge in [0.25, 0.3) is 0 Å². The van der Waals surface area contributed by atoms with Crippen molar-refractivity contribution in [2.24, 2.45) is 0 Å². The average molecular weight is 471 g/mol. The first-order chi connectivity index (χ1) is 16.0. The van der Waals surface area contributed by atoms with Gasteiger partial charge in [-0.3, -0.25) is 4.79 Å². The molecule has 0 saturated heterocycles. The van der Waals surface area contributed by atoms with Crippen LogP contribution >= 0.6 is 23.2 Å². The van der Waals surface area contributed by atoms with Crippen LogP contribution < -0.4 is 4.74 Å². The highest BCUT2D eigenvalue weighted by molar-refractivity contribution is 6.32. The standard InChI is InChI=1S/C29H20Cl2O2/c1-17(32)24-16-25(19-7-10-20(30)11-8-19)23-13-12-21(31)15-26(23)28(24)29-22-6-4-3-5-18(22)9-14-27(29)33-2/h3-16H,1-2H3. The SMILES string of the molecule is COc1ccc2ccccc2c1-c1c(C(C)=O)cc(-c2ccc(Cl)cc2)c2ccc(Cl)cc12. The van der Waals surface area contributed by atoms with E-state index >= 15 is 0 Å². The Bertz CT molecular complexity index is 1540. The van der Waals surface area contributed by atoms with Gasteiger partial charge in [-0.05, 0) is 76.0 Å². The molecule has 0 aliphatic carbocycles. The van der Waals surface area contributed by atoms with Crippen LogP contribution in [0.2, 0.25) is 10.0 Å². The Hall–Kier alpha value is -3.33. The van der Waals surface area contributed by atoms with Crippen molar-refractivity contribution < 1.29 is 9.53 Å². The van der Waals surface area contributed by atoms with Crippen LogP contribution in [0.15, 0.2) is 84.9 Å². The monoisotopic (exact) mass is 470 g/mol. The second-order valence-electron chi connectivity index (χ2n) is 7.96. The summed E-state index contributed by atoms with van der Waals surface area (Å²) >= 11 is 12.6. The molecule has 0 unspecified atom stereocenters. The van der Waals surface area contributed by atoms with Gasteiger partial charge in [0.1, 0.15) is 5.75 Å². The van der Waals surface area contributed by atoms with E-state index in [9.17, 15) is 4.79 Å². The van der Waals surface area contributed by atoms with Crippen molar-refractivity contribution in [2.75, 3.05) is 7.11 Å². The Morgan fingerprint density at radius 2 is 1.45 bits per heavy atom. The van der Waals surface area contributed by atoms with Gasteiger partial charge >= 0.3 is 0 Å². The summed E-state index contributed by atoms with van der Waals surface area (Å²) < 4.78 is 5.79. The van der Waals surface area contributed by atoms with Crippen LogP contribution in [0.5, 0.6) is 5.75 Å². The van der Waals surface area contributed by atoms with Crippen LogP contribution in [0.1, 0.15) is 17.3 Å². The minimum Gasteiger partial charge on any atom is -0.496 e. The number of ether oxygens (including phenoxy) is 1. The first kappa shape index (κ1) is 21.5. The molecule has 4 heteroatoms. The molecule has 2 nitrogen and oxygen atoms in total. The van der Waals surface area contributed by atoms with Crippen LogP contribution in [0.4, 0.5) is 0 Å². The molecule has 5 aromatic rings. The van der Waals surface area contributed by atoms with Crippen molar-refractivity contribution in [1.82, 2.24) is 0 Å². The van der Waals surface area contributed by atoms with E-state index in [1.807, 2.05) is 72.8 Å². The number of carbonyl (C=O) groups excluding carboxylic acids is 1. The molecule has 0 aromatic heterocycles. The Balaban J connectivity index is 1.98. The van der Waals surface area contributed by atoms with Crippen molar-refractivity contribution in [1.29, 1.82) is 0 Å². The van der Waals surface area contributed by atoms with Gasteiger partial charge in [0, 0.05) is 26.7 Å². The lowest BCUT2D eigenvalue weighted by Gasteiger charge is -2.20. The maximum absolute atomic E-state index is 13.0. The van der Waals surface area contributed by atoms with Crippen LogP contribution in [-0.4, -0.2) is 12.9 Å². The Morgan fingerprint density at radius 3 is 2.18 bits per heavy atom. The van der Waals surface area contributed by atoms with E-state index in [-0.39, 0.29) is 5.78 Å². The molecule has 0 spiro atoms. The molecule has 5 aromatic carbocycles. The summed E-state index contributed by atoms with van der Waals surface area (Å²) in [5.74, 6) is 0.675. The topological polar surface area (TPSA) is 26.3 Å². The zero-order chi connectivity index (χ0) is 23.1. The second-order valence-corrected chi connectivity index (χ2v) is 8.84. The highest BCUT2D eigenvalue weighted by atomic mass is 35.5. The summed E-state index contributed by atoms with van der Waals surface area (Å²) in [5, 5.41) is 5.24. The summed E-state index contributed by atoms with van der Waals surface area (Å²) in [7, 11) is 1.65.